The fourth-order valence-electron chi connectivity index (χ4n) is 1.35. The third kappa shape index (κ3) is 2.90. The van der Waals surface area contributed by atoms with E-state index in [4.69, 9.17) is 28.9 Å². The van der Waals surface area contributed by atoms with Crippen molar-refractivity contribution < 1.29 is 0 Å². The molecule has 0 aliphatic rings. The number of hydrogen-bond acceptors (Lipinski definition) is 2. The second-order valence-corrected chi connectivity index (χ2v) is 4.80. The van der Waals surface area contributed by atoms with Crippen LogP contribution in [0.25, 0.3) is 0 Å². The van der Waals surface area contributed by atoms with E-state index in [1.807, 2.05) is 29.0 Å². The molecule has 0 amide bonds. The monoisotopic (exact) mass is 293 g/mol. The standard InChI is InChI=1S/C11H9Cl2NS.ClH/c12-9-2-1-7(5-10(9)13)11(14)8-3-4-15-6-8;/h1-6,11H,14H2;1H/t11-;/m0./s1. The molecule has 0 spiro atoms. The van der Waals surface area contributed by atoms with Crippen molar-refractivity contribution in [1.29, 1.82) is 0 Å². The van der Waals surface area contributed by atoms with E-state index in [2.05, 4.69) is 0 Å². The van der Waals surface area contributed by atoms with E-state index in [9.17, 15) is 0 Å². The molecule has 1 atom stereocenters. The molecular weight excluding hydrogens is 285 g/mol. The second-order valence-electron chi connectivity index (χ2n) is 3.21. The second kappa shape index (κ2) is 5.89. The van der Waals surface area contributed by atoms with Gasteiger partial charge in [-0.25, -0.2) is 0 Å². The van der Waals surface area contributed by atoms with Crippen LogP contribution in [-0.2, 0) is 0 Å². The molecule has 0 radical (unpaired) electrons. The minimum Gasteiger partial charge on any atom is -0.320 e. The Bertz CT molecular complexity index is 456. The first-order valence-electron chi connectivity index (χ1n) is 4.41. The lowest BCUT2D eigenvalue weighted by molar-refractivity contribution is 0.877. The van der Waals surface area contributed by atoms with Crippen molar-refractivity contribution in [2.24, 2.45) is 5.73 Å². The first-order valence-corrected chi connectivity index (χ1v) is 6.11. The van der Waals surface area contributed by atoms with Crippen molar-refractivity contribution in [2.75, 3.05) is 0 Å². The van der Waals surface area contributed by atoms with Gasteiger partial charge in [0.25, 0.3) is 0 Å². The van der Waals surface area contributed by atoms with Crippen LogP contribution in [0.3, 0.4) is 0 Å². The summed E-state index contributed by atoms with van der Waals surface area (Å²) in [6.45, 7) is 0. The summed E-state index contributed by atoms with van der Waals surface area (Å²) in [7, 11) is 0. The molecule has 5 heteroatoms. The highest BCUT2D eigenvalue weighted by Crippen LogP contribution is 2.28. The molecule has 1 aromatic heterocycles. The molecule has 86 valence electrons. The molecule has 0 aliphatic carbocycles. The lowest BCUT2D eigenvalue weighted by Gasteiger charge is -2.11. The Morgan fingerprint density at radius 1 is 1.06 bits per heavy atom. The van der Waals surface area contributed by atoms with Gasteiger partial charge in [-0.3, -0.25) is 0 Å². The molecule has 2 aromatic rings. The number of thiophene rings is 1. The Morgan fingerprint density at radius 2 is 1.81 bits per heavy atom. The Balaban J connectivity index is 0.00000128. The number of rotatable bonds is 2. The molecule has 1 heterocycles. The van der Waals surface area contributed by atoms with Crippen LogP contribution in [0.1, 0.15) is 17.2 Å². The molecule has 16 heavy (non-hydrogen) atoms. The highest BCUT2D eigenvalue weighted by Gasteiger charge is 2.10. The zero-order valence-electron chi connectivity index (χ0n) is 8.19. The van der Waals surface area contributed by atoms with Gasteiger partial charge in [0.2, 0.25) is 0 Å². The minimum atomic E-state index is -0.133. The molecule has 1 nitrogen and oxygen atoms in total. The number of hydrogen-bond donors (Lipinski definition) is 1. The summed E-state index contributed by atoms with van der Waals surface area (Å²) in [5.74, 6) is 0. The third-order valence-corrected chi connectivity index (χ3v) is 3.65. The zero-order valence-corrected chi connectivity index (χ0v) is 11.3. The van der Waals surface area contributed by atoms with Crippen LogP contribution in [0.4, 0.5) is 0 Å². The highest BCUT2D eigenvalue weighted by atomic mass is 35.5. The summed E-state index contributed by atoms with van der Waals surface area (Å²) in [6, 6.07) is 7.36. The van der Waals surface area contributed by atoms with Gasteiger partial charge in [0.15, 0.2) is 0 Å². The van der Waals surface area contributed by atoms with Crippen molar-refractivity contribution in [1.82, 2.24) is 0 Å². The summed E-state index contributed by atoms with van der Waals surface area (Å²) in [5.41, 5.74) is 8.16. The van der Waals surface area contributed by atoms with E-state index in [0.29, 0.717) is 10.0 Å². The van der Waals surface area contributed by atoms with Crippen LogP contribution >= 0.6 is 46.9 Å². The summed E-state index contributed by atoms with van der Waals surface area (Å²) < 4.78 is 0. The molecule has 0 unspecified atom stereocenters. The van der Waals surface area contributed by atoms with Crippen LogP contribution in [0.5, 0.6) is 0 Å². The highest BCUT2D eigenvalue weighted by molar-refractivity contribution is 7.08. The maximum Gasteiger partial charge on any atom is 0.0595 e. The fourth-order valence-corrected chi connectivity index (χ4v) is 2.35. The van der Waals surface area contributed by atoms with Crippen LogP contribution in [0.2, 0.25) is 10.0 Å². The van der Waals surface area contributed by atoms with Gasteiger partial charge < -0.3 is 5.73 Å². The van der Waals surface area contributed by atoms with Crippen LogP contribution in [0.15, 0.2) is 35.0 Å². The van der Waals surface area contributed by atoms with Crippen LogP contribution in [-0.4, -0.2) is 0 Å². The smallest absolute Gasteiger partial charge is 0.0595 e. The largest absolute Gasteiger partial charge is 0.320 e. The van der Waals surface area contributed by atoms with Gasteiger partial charge in [-0.15, -0.1) is 12.4 Å². The normalized spacial score (nSPS) is 11.9. The van der Waals surface area contributed by atoms with Gasteiger partial charge in [-0.05, 0) is 40.1 Å². The summed E-state index contributed by atoms with van der Waals surface area (Å²) in [6.07, 6.45) is 0. The van der Waals surface area contributed by atoms with Crippen molar-refractivity contribution in [3.8, 4) is 0 Å². The molecule has 2 rings (SSSR count). The van der Waals surface area contributed by atoms with Crippen molar-refractivity contribution in [3.63, 3.8) is 0 Å². The number of benzene rings is 1. The zero-order chi connectivity index (χ0) is 10.8. The Morgan fingerprint density at radius 3 is 2.38 bits per heavy atom. The summed E-state index contributed by atoms with van der Waals surface area (Å²) in [4.78, 5) is 0. The van der Waals surface area contributed by atoms with Gasteiger partial charge in [0, 0.05) is 0 Å². The Kier molecular flexibility index (Phi) is 5.09. The fraction of sp³-hybridized carbons (Fsp3) is 0.0909. The maximum atomic E-state index is 6.08. The van der Waals surface area contributed by atoms with Gasteiger partial charge >= 0.3 is 0 Å². The predicted octanol–water partition coefficient (Wildman–Crippen LogP) is 4.52. The van der Waals surface area contributed by atoms with Crippen LogP contribution in [0, 0.1) is 0 Å². The topological polar surface area (TPSA) is 26.0 Å². The molecule has 1 aromatic carbocycles. The number of halogens is 3. The maximum absolute atomic E-state index is 6.08. The third-order valence-electron chi connectivity index (χ3n) is 2.21. The molecule has 0 saturated carbocycles. The van der Waals surface area contributed by atoms with Gasteiger partial charge in [0.05, 0.1) is 16.1 Å². The average molecular weight is 295 g/mol. The quantitative estimate of drug-likeness (QED) is 0.865. The Labute approximate surface area is 115 Å². The molecule has 0 fully saturated rings. The van der Waals surface area contributed by atoms with Gasteiger partial charge in [-0.1, -0.05) is 29.3 Å². The molecule has 0 saturated heterocycles. The lowest BCUT2D eigenvalue weighted by Crippen LogP contribution is -2.10. The van der Waals surface area contributed by atoms with Gasteiger partial charge in [-0.2, -0.15) is 11.3 Å². The Hall–Kier alpha value is -0.250. The number of nitrogens with two attached hydrogens (primary N) is 1. The first-order chi connectivity index (χ1) is 7.18. The minimum absolute atomic E-state index is 0. The SMILES string of the molecule is Cl.N[C@H](c1ccsc1)c1ccc(Cl)c(Cl)c1. The molecule has 0 aliphatic heterocycles. The van der Waals surface area contributed by atoms with E-state index in [0.717, 1.165) is 11.1 Å². The van der Waals surface area contributed by atoms with E-state index in [1.165, 1.54) is 0 Å². The predicted molar refractivity (Wildman–Crippen MR) is 74.1 cm³/mol. The lowest BCUT2D eigenvalue weighted by atomic mass is 10.0. The summed E-state index contributed by atoms with van der Waals surface area (Å²) >= 11 is 13.4. The van der Waals surface area contributed by atoms with Crippen molar-refractivity contribution in [3.05, 3.63) is 56.2 Å². The van der Waals surface area contributed by atoms with Crippen molar-refractivity contribution >= 4 is 46.9 Å². The summed E-state index contributed by atoms with van der Waals surface area (Å²) in [5, 5.41) is 5.14. The van der Waals surface area contributed by atoms with Crippen molar-refractivity contribution in [2.45, 2.75) is 6.04 Å². The van der Waals surface area contributed by atoms with Gasteiger partial charge in [0.1, 0.15) is 0 Å². The molecular formula is C11H10Cl3NS. The van der Waals surface area contributed by atoms with E-state index in [-0.39, 0.29) is 18.4 Å². The van der Waals surface area contributed by atoms with Crippen LogP contribution < -0.4 is 5.73 Å². The average Bonchev–Trinajstić information content (AvgIpc) is 2.74. The van der Waals surface area contributed by atoms with E-state index in [1.54, 1.807) is 17.4 Å². The molecule has 2 N–H and O–H groups in total. The van der Waals surface area contributed by atoms with E-state index >= 15 is 0 Å². The van der Waals surface area contributed by atoms with E-state index < -0.39 is 0 Å². The molecule has 0 bridgehead atoms. The first kappa shape index (κ1) is 13.8.